The lowest BCUT2D eigenvalue weighted by atomic mass is 9.72. The minimum absolute atomic E-state index is 0.173. The molecule has 0 saturated heterocycles. The summed E-state index contributed by atoms with van der Waals surface area (Å²) in [7, 11) is 0. The second kappa shape index (κ2) is 7.05. The Bertz CT molecular complexity index is 866. The van der Waals surface area contributed by atoms with Crippen LogP contribution in [0, 0.1) is 11.3 Å². The number of aromatic carboxylic acids is 1. The van der Waals surface area contributed by atoms with Gasteiger partial charge in [-0.05, 0) is 48.3 Å². The smallest absolute Gasteiger partial charge is 0.339 e. The zero-order chi connectivity index (χ0) is 19.1. The van der Waals surface area contributed by atoms with Crippen LogP contribution in [0.5, 0.6) is 0 Å². The summed E-state index contributed by atoms with van der Waals surface area (Å²) in [6.45, 7) is 6.65. The van der Waals surface area contributed by atoms with Crippen molar-refractivity contribution in [3.63, 3.8) is 0 Å². The van der Waals surface area contributed by atoms with Gasteiger partial charge in [0.2, 0.25) is 0 Å². The quantitative estimate of drug-likeness (QED) is 0.725. The number of carboxylic acids is 1. The molecule has 6 heteroatoms. The summed E-state index contributed by atoms with van der Waals surface area (Å²) >= 11 is 7.47. The van der Waals surface area contributed by atoms with E-state index in [0.717, 1.165) is 29.7 Å². The molecule has 1 amide bonds. The standard InChI is InChI=1S/C20H22ClNO3S/c1-20(2,3)11-8-9-13-15(10-11)26-18(16(13)19(24)25)22-17(23)12-6-4-5-7-14(12)21/h4-7,11H,8-10H2,1-3H3,(H,22,23)(H,24,25)/t11-/m1/s1. The van der Waals surface area contributed by atoms with E-state index in [1.54, 1.807) is 24.3 Å². The number of amides is 1. The molecule has 138 valence electrons. The van der Waals surface area contributed by atoms with Crippen molar-refractivity contribution in [3.8, 4) is 0 Å². The Labute approximate surface area is 162 Å². The van der Waals surface area contributed by atoms with Crippen LogP contribution in [0.3, 0.4) is 0 Å². The van der Waals surface area contributed by atoms with E-state index >= 15 is 0 Å². The molecule has 1 aliphatic carbocycles. The van der Waals surface area contributed by atoms with Crippen LogP contribution in [0.4, 0.5) is 5.00 Å². The highest BCUT2D eigenvalue weighted by Crippen LogP contribution is 2.44. The lowest BCUT2D eigenvalue weighted by molar-refractivity contribution is 0.0696. The van der Waals surface area contributed by atoms with E-state index in [1.165, 1.54) is 11.3 Å². The second-order valence-electron chi connectivity index (χ2n) is 7.75. The van der Waals surface area contributed by atoms with Crippen molar-refractivity contribution in [2.24, 2.45) is 11.3 Å². The number of thiophene rings is 1. The fraction of sp³-hybridized carbons (Fsp3) is 0.400. The van der Waals surface area contributed by atoms with E-state index < -0.39 is 5.97 Å². The van der Waals surface area contributed by atoms with Crippen LogP contribution in [0.25, 0.3) is 0 Å². The highest BCUT2D eigenvalue weighted by Gasteiger charge is 2.34. The van der Waals surface area contributed by atoms with Crippen molar-refractivity contribution in [3.05, 3.63) is 50.9 Å². The molecule has 0 spiro atoms. The molecular weight excluding hydrogens is 370 g/mol. The van der Waals surface area contributed by atoms with Crippen LogP contribution in [-0.2, 0) is 12.8 Å². The number of anilines is 1. The molecular formula is C20H22ClNO3S. The fourth-order valence-electron chi connectivity index (χ4n) is 3.46. The number of hydrogen-bond donors (Lipinski definition) is 2. The summed E-state index contributed by atoms with van der Waals surface area (Å²) in [5, 5.41) is 13.2. The summed E-state index contributed by atoms with van der Waals surface area (Å²) in [5.74, 6) is -0.877. The molecule has 0 radical (unpaired) electrons. The molecule has 1 aromatic carbocycles. The van der Waals surface area contributed by atoms with Crippen molar-refractivity contribution in [1.29, 1.82) is 0 Å². The highest BCUT2D eigenvalue weighted by molar-refractivity contribution is 7.17. The summed E-state index contributed by atoms with van der Waals surface area (Å²) < 4.78 is 0. The van der Waals surface area contributed by atoms with Gasteiger partial charge in [0, 0.05) is 4.88 Å². The first-order valence-electron chi connectivity index (χ1n) is 8.62. The molecule has 2 aromatic rings. The van der Waals surface area contributed by atoms with Gasteiger partial charge in [-0.1, -0.05) is 44.5 Å². The predicted octanol–water partition coefficient (Wildman–Crippen LogP) is 5.50. The average molecular weight is 392 g/mol. The van der Waals surface area contributed by atoms with Crippen molar-refractivity contribution >= 4 is 39.8 Å². The average Bonchev–Trinajstić information content (AvgIpc) is 2.91. The molecule has 1 atom stereocenters. The molecule has 4 nitrogen and oxygen atoms in total. The van der Waals surface area contributed by atoms with E-state index in [-0.39, 0.29) is 16.9 Å². The van der Waals surface area contributed by atoms with E-state index in [1.807, 2.05) is 0 Å². The molecule has 1 heterocycles. The van der Waals surface area contributed by atoms with Crippen LogP contribution in [0.2, 0.25) is 5.02 Å². The number of halogens is 1. The Hall–Kier alpha value is -1.85. The summed E-state index contributed by atoms with van der Waals surface area (Å²) in [6.07, 6.45) is 2.55. The maximum atomic E-state index is 12.6. The van der Waals surface area contributed by atoms with Crippen LogP contribution >= 0.6 is 22.9 Å². The fourth-order valence-corrected chi connectivity index (χ4v) is 4.99. The van der Waals surface area contributed by atoms with Gasteiger partial charge in [-0.15, -0.1) is 11.3 Å². The third-order valence-electron chi connectivity index (χ3n) is 5.05. The molecule has 3 rings (SSSR count). The molecule has 0 fully saturated rings. The number of carbonyl (C=O) groups is 2. The molecule has 0 bridgehead atoms. The minimum atomic E-state index is -0.994. The van der Waals surface area contributed by atoms with Gasteiger partial charge in [0.25, 0.3) is 5.91 Å². The third kappa shape index (κ3) is 3.64. The van der Waals surface area contributed by atoms with Crippen LogP contribution in [-0.4, -0.2) is 17.0 Å². The van der Waals surface area contributed by atoms with Crippen molar-refractivity contribution in [2.75, 3.05) is 5.32 Å². The van der Waals surface area contributed by atoms with Crippen LogP contribution in [0.15, 0.2) is 24.3 Å². The van der Waals surface area contributed by atoms with Gasteiger partial charge in [0.15, 0.2) is 0 Å². The maximum Gasteiger partial charge on any atom is 0.339 e. The molecule has 26 heavy (non-hydrogen) atoms. The van der Waals surface area contributed by atoms with E-state index in [0.29, 0.717) is 21.5 Å². The second-order valence-corrected chi connectivity index (χ2v) is 9.27. The Morgan fingerprint density at radius 3 is 2.58 bits per heavy atom. The number of carboxylic acid groups (broad SMARTS) is 1. The monoisotopic (exact) mass is 391 g/mol. The van der Waals surface area contributed by atoms with Gasteiger partial charge in [0.05, 0.1) is 16.1 Å². The number of fused-ring (bicyclic) bond motifs is 1. The van der Waals surface area contributed by atoms with Gasteiger partial charge in [-0.3, -0.25) is 4.79 Å². The SMILES string of the molecule is CC(C)(C)[C@@H]1CCc2c(sc(NC(=O)c3ccccc3Cl)c2C(=O)O)C1. The normalized spacial score (nSPS) is 16.8. The van der Waals surface area contributed by atoms with E-state index in [2.05, 4.69) is 26.1 Å². The molecule has 1 aromatic heterocycles. The zero-order valence-electron chi connectivity index (χ0n) is 15.1. The van der Waals surface area contributed by atoms with Gasteiger partial charge in [-0.2, -0.15) is 0 Å². The van der Waals surface area contributed by atoms with Gasteiger partial charge >= 0.3 is 5.97 Å². The Morgan fingerprint density at radius 2 is 1.96 bits per heavy atom. The summed E-state index contributed by atoms with van der Waals surface area (Å²) in [4.78, 5) is 25.5. The highest BCUT2D eigenvalue weighted by atomic mass is 35.5. The lowest BCUT2D eigenvalue weighted by Crippen LogP contribution is -2.26. The number of nitrogens with one attached hydrogen (secondary N) is 1. The molecule has 1 aliphatic rings. The van der Waals surface area contributed by atoms with Crippen LogP contribution < -0.4 is 5.32 Å². The number of hydrogen-bond acceptors (Lipinski definition) is 3. The first-order valence-corrected chi connectivity index (χ1v) is 9.81. The lowest BCUT2D eigenvalue weighted by Gasteiger charge is -2.33. The molecule has 2 N–H and O–H groups in total. The first-order chi connectivity index (χ1) is 12.2. The largest absolute Gasteiger partial charge is 0.478 e. The summed E-state index contributed by atoms with van der Waals surface area (Å²) in [5.41, 5.74) is 1.62. The third-order valence-corrected chi connectivity index (χ3v) is 6.55. The topological polar surface area (TPSA) is 66.4 Å². The number of carbonyl (C=O) groups excluding carboxylic acids is 1. The molecule has 0 unspecified atom stereocenters. The molecule has 0 saturated carbocycles. The van der Waals surface area contributed by atoms with E-state index in [9.17, 15) is 14.7 Å². The van der Waals surface area contributed by atoms with Crippen molar-refractivity contribution < 1.29 is 14.7 Å². The maximum absolute atomic E-state index is 12.6. The molecule has 0 aliphatic heterocycles. The minimum Gasteiger partial charge on any atom is -0.478 e. The van der Waals surface area contributed by atoms with Crippen molar-refractivity contribution in [1.82, 2.24) is 0 Å². The predicted molar refractivity (Wildman–Crippen MR) is 106 cm³/mol. The van der Waals surface area contributed by atoms with Crippen LogP contribution in [0.1, 0.15) is 58.3 Å². The van der Waals surface area contributed by atoms with E-state index in [4.69, 9.17) is 11.6 Å². The number of rotatable bonds is 3. The Kier molecular flexibility index (Phi) is 5.13. The Morgan fingerprint density at radius 1 is 1.27 bits per heavy atom. The number of benzene rings is 1. The van der Waals surface area contributed by atoms with Gasteiger partial charge in [0.1, 0.15) is 5.00 Å². The zero-order valence-corrected chi connectivity index (χ0v) is 16.6. The first kappa shape index (κ1) is 18.9. The van der Waals surface area contributed by atoms with Gasteiger partial charge < -0.3 is 10.4 Å². The summed E-state index contributed by atoms with van der Waals surface area (Å²) in [6, 6.07) is 6.74. The van der Waals surface area contributed by atoms with Gasteiger partial charge in [-0.25, -0.2) is 4.79 Å². The Balaban J connectivity index is 1.94. The van der Waals surface area contributed by atoms with Crippen molar-refractivity contribution in [2.45, 2.75) is 40.0 Å².